The topological polar surface area (TPSA) is 34.2 Å². The highest BCUT2D eigenvalue weighted by molar-refractivity contribution is 5.26. The molecule has 0 saturated carbocycles. The summed E-state index contributed by atoms with van der Waals surface area (Å²) in [6.45, 7) is 7.12. The van der Waals surface area contributed by atoms with Gasteiger partial charge in [-0.05, 0) is 37.4 Å². The molecule has 0 amide bonds. The van der Waals surface area contributed by atoms with Gasteiger partial charge >= 0.3 is 0 Å². The van der Waals surface area contributed by atoms with Gasteiger partial charge in [0, 0.05) is 12.2 Å². The largest absolute Gasteiger partial charge is 0.479 e. The molecule has 0 aliphatic carbocycles. The highest BCUT2D eigenvalue weighted by atomic mass is 19.1. The van der Waals surface area contributed by atoms with Crippen molar-refractivity contribution in [1.82, 2.24) is 10.3 Å². The average Bonchev–Trinajstić information content (AvgIpc) is 2.29. The van der Waals surface area contributed by atoms with E-state index in [9.17, 15) is 4.39 Å². The Bertz CT molecular complexity index is 357. The van der Waals surface area contributed by atoms with Crippen LogP contribution in [0.1, 0.15) is 38.7 Å². The number of halogens is 1. The molecule has 4 heteroatoms. The van der Waals surface area contributed by atoms with E-state index in [1.807, 2.05) is 6.92 Å². The second-order valence-electron chi connectivity index (χ2n) is 4.32. The highest BCUT2D eigenvalue weighted by Gasteiger charge is 2.17. The fourth-order valence-electron chi connectivity index (χ4n) is 2.05. The van der Waals surface area contributed by atoms with Crippen LogP contribution >= 0.6 is 0 Å². The first kappa shape index (κ1) is 13.9. The monoisotopic (exact) mass is 240 g/mol. The van der Waals surface area contributed by atoms with Gasteiger partial charge in [-0.1, -0.05) is 13.8 Å². The van der Waals surface area contributed by atoms with Crippen molar-refractivity contribution < 1.29 is 9.13 Å². The van der Waals surface area contributed by atoms with E-state index < -0.39 is 0 Å². The molecule has 3 nitrogen and oxygen atoms in total. The van der Waals surface area contributed by atoms with Crippen LogP contribution < -0.4 is 10.1 Å². The minimum absolute atomic E-state index is 0.0745. The van der Waals surface area contributed by atoms with Crippen molar-refractivity contribution in [2.45, 2.75) is 39.2 Å². The number of methoxy groups -OCH3 is 1. The summed E-state index contributed by atoms with van der Waals surface area (Å²) >= 11 is 0. The number of aromatic nitrogens is 1. The first-order valence-electron chi connectivity index (χ1n) is 6.01. The van der Waals surface area contributed by atoms with E-state index in [0.29, 0.717) is 11.6 Å². The van der Waals surface area contributed by atoms with Crippen LogP contribution in [0.5, 0.6) is 5.88 Å². The van der Waals surface area contributed by atoms with Gasteiger partial charge in [-0.2, -0.15) is 0 Å². The Labute approximate surface area is 102 Å². The van der Waals surface area contributed by atoms with Gasteiger partial charge in [0.1, 0.15) is 0 Å². The molecule has 1 rings (SSSR count). The maximum absolute atomic E-state index is 14.0. The van der Waals surface area contributed by atoms with Crippen molar-refractivity contribution in [3.63, 3.8) is 0 Å². The van der Waals surface area contributed by atoms with Gasteiger partial charge in [-0.15, -0.1) is 0 Å². The molecule has 96 valence electrons. The molecule has 1 heterocycles. The van der Waals surface area contributed by atoms with Gasteiger partial charge in [0.2, 0.25) is 5.88 Å². The van der Waals surface area contributed by atoms with Crippen molar-refractivity contribution in [1.29, 1.82) is 0 Å². The lowest BCUT2D eigenvalue weighted by Gasteiger charge is -2.19. The molecule has 2 atom stereocenters. The summed E-state index contributed by atoms with van der Waals surface area (Å²) in [4.78, 5) is 3.84. The summed E-state index contributed by atoms with van der Waals surface area (Å²) in [6, 6.07) is 2.09. The lowest BCUT2D eigenvalue weighted by atomic mass is 9.95. The fourth-order valence-corrected chi connectivity index (χ4v) is 2.05. The van der Waals surface area contributed by atoms with E-state index in [4.69, 9.17) is 4.74 Å². The fraction of sp³-hybridized carbons (Fsp3) is 0.615. The normalized spacial score (nSPS) is 14.4. The first-order valence-corrected chi connectivity index (χ1v) is 6.01. The van der Waals surface area contributed by atoms with Crippen molar-refractivity contribution in [3.05, 3.63) is 23.6 Å². The summed E-state index contributed by atoms with van der Waals surface area (Å²) in [5, 5.41) is 3.32. The van der Waals surface area contributed by atoms with Crippen LogP contribution in [0.3, 0.4) is 0 Å². The number of pyridine rings is 1. The van der Waals surface area contributed by atoms with Crippen molar-refractivity contribution in [3.8, 4) is 5.88 Å². The molecular weight excluding hydrogens is 219 g/mol. The van der Waals surface area contributed by atoms with Crippen LogP contribution in [-0.2, 0) is 0 Å². The molecule has 2 unspecified atom stereocenters. The lowest BCUT2D eigenvalue weighted by Crippen LogP contribution is -2.27. The maximum atomic E-state index is 14.0. The highest BCUT2D eigenvalue weighted by Crippen LogP contribution is 2.27. The summed E-state index contributed by atoms with van der Waals surface area (Å²) in [5.41, 5.74) is 0.668. The number of ether oxygens (including phenoxy) is 1. The molecule has 1 aromatic rings. The van der Waals surface area contributed by atoms with Gasteiger partial charge in [0.05, 0.1) is 7.11 Å². The van der Waals surface area contributed by atoms with Gasteiger partial charge in [0.15, 0.2) is 5.82 Å². The van der Waals surface area contributed by atoms with E-state index in [1.165, 1.54) is 7.11 Å². The van der Waals surface area contributed by atoms with E-state index >= 15 is 0 Å². The molecule has 0 aliphatic rings. The molecule has 0 radical (unpaired) electrons. The number of nitrogens with zero attached hydrogens (tertiary/aromatic N) is 1. The van der Waals surface area contributed by atoms with E-state index in [0.717, 1.165) is 13.0 Å². The van der Waals surface area contributed by atoms with Crippen molar-refractivity contribution in [2.24, 2.45) is 0 Å². The third kappa shape index (κ3) is 3.66. The molecule has 0 aliphatic heterocycles. The predicted molar refractivity (Wildman–Crippen MR) is 66.9 cm³/mol. The minimum atomic E-state index is -0.341. The summed E-state index contributed by atoms with van der Waals surface area (Å²) in [5.74, 6) is -0.127. The van der Waals surface area contributed by atoms with Gasteiger partial charge in [-0.25, -0.2) is 9.37 Å². The second-order valence-corrected chi connectivity index (χ2v) is 4.32. The quantitative estimate of drug-likeness (QED) is 0.830. The van der Waals surface area contributed by atoms with Crippen LogP contribution in [-0.4, -0.2) is 24.7 Å². The Hall–Kier alpha value is -1.16. The average molecular weight is 240 g/mol. The van der Waals surface area contributed by atoms with Crippen LogP contribution in [0.25, 0.3) is 0 Å². The zero-order valence-corrected chi connectivity index (χ0v) is 11.0. The number of rotatable bonds is 6. The van der Waals surface area contributed by atoms with Gasteiger partial charge in [0.25, 0.3) is 0 Å². The van der Waals surface area contributed by atoms with E-state index in [2.05, 4.69) is 24.1 Å². The Kier molecular flexibility index (Phi) is 5.35. The summed E-state index contributed by atoms with van der Waals surface area (Å²) < 4.78 is 18.8. The molecule has 0 spiro atoms. The number of hydrogen-bond acceptors (Lipinski definition) is 3. The molecule has 0 saturated heterocycles. The Morgan fingerprint density at radius 1 is 1.47 bits per heavy atom. The third-order valence-corrected chi connectivity index (χ3v) is 2.87. The Morgan fingerprint density at radius 3 is 2.76 bits per heavy atom. The summed E-state index contributed by atoms with van der Waals surface area (Å²) in [7, 11) is 1.43. The molecule has 1 aromatic heterocycles. The Morgan fingerprint density at radius 2 is 2.18 bits per heavy atom. The van der Waals surface area contributed by atoms with Crippen molar-refractivity contribution >= 4 is 0 Å². The second kappa shape index (κ2) is 6.55. The predicted octanol–water partition coefficient (Wildman–Crippen LogP) is 2.72. The van der Waals surface area contributed by atoms with Crippen molar-refractivity contribution in [2.75, 3.05) is 13.7 Å². The van der Waals surface area contributed by atoms with Gasteiger partial charge < -0.3 is 10.1 Å². The number of hydrogen-bond donors (Lipinski definition) is 1. The standard InChI is InChI=1S/C13H21FN2O/c1-5-15-10(3)8-9(2)11-6-7-16-13(17-4)12(11)14/h6-7,9-10,15H,5,8H2,1-4H3. The van der Waals surface area contributed by atoms with E-state index in [1.54, 1.807) is 12.3 Å². The van der Waals surface area contributed by atoms with Crippen LogP contribution in [0.2, 0.25) is 0 Å². The molecule has 0 aromatic carbocycles. The third-order valence-electron chi connectivity index (χ3n) is 2.87. The maximum Gasteiger partial charge on any atom is 0.250 e. The zero-order chi connectivity index (χ0) is 12.8. The molecule has 0 bridgehead atoms. The lowest BCUT2D eigenvalue weighted by molar-refractivity contribution is 0.363. The van der Waals surface area contributed by atoms with Crippen LogP contribution in [0, 0.1) is 5.82 Å². The first-order chi connectivity index (χ1) is 8.10. The SMILES string of the molecule is CCNC(C)CC(C)c1ccnc(OC)c1F. The van der Waals surface area contributed by atoms with Crippen LogP contribution in [0.4, 0.5) is 4.39 Å². The molecule has 1 N–H and O–H groups in total. The Balaban J connectivity index is 2.78. The summed E-state index contributed by atoms with van der Waals surface area (Å²) in [6.07, 6.45) is 2.48. The van der Waals surface area contributed by atoms with Gasteiger partial charge in [-0.3, -0.25) is 0 Å². The molecule has 0 fully saturated rings. The zero-order valence-electron chi connectivity index (χ0n) is 11.0. The smallest absolute Gasteiger partial charge is 0.250 e. The van der Waals surface area contributed by atoms with Crippen LogP contribution in [0.15, 0.2) is 12.3 Å². The molecular formula is C13H21FN2O. The number of nitrogens with one attached hydrogen (secondary N) is 1. The van der Waals surface area contributed by atoms with E-state index in [-0.39, 0.29) is 17.6 Å². The molecule has 17 heavy (non-hydrogen) atoms. The minimum Gasteiger partial charge on any atom is -0.479 e.